The number of rotatable bonds is 7. The molecule has 1 aliphatic heterocycles. The Morgan fingerprint density at radius 3 is 2.43 bits per heavy atom. The standard InChI is InChI=1S/C23H29FN2O3S/c1-3-22(18-8-12-21(13-9-18)30(2,28)29)25-23(27)19-5-4-14-26(16-19)15-17-6-10-20(24)11-7-17/h6-13,19,22H,3-5,14-16H2,1-2H3,(H,25,27)/t19-,22-/m1/s1. The number of hydrogen-bond donors (Lipinski definition) is 1. The summed E-state index contributed by atoms with van der Waals surface area (Å²) in [7, 11) is -3.24. The van der Waals surface area contributed by atoms with Crippen LogP contribution in [0.2, 0.25) is 0 Å². The predicted molar refractivity (Wildman–Crippen MR) is 115 cm³/mol. The molecule has 2 aromatic carbocycles. The molecule has 2 atom stereocenters. The van der Waals surface area contributed by atoms with Crippen molar-refractivity contribution in [2.45, 2.75) is 43.7 Å². The molecule has 3 rings (SSSR count). The molecule has 0 bridgehead atoms. The van der Waals surface area contributed by atoms with E-state index in [1.807, 2.05) is 6.92 Å². The molecule has 5 nitrogen and oxygen atoms in total. The Kier molecular flexibility index (Phi) is 7.26. The molecule has 0 aromatic heterocycles. The largest absolute Gasteiger partial charge is 0.349 e. The Morgan fingerprint density at radius 1 is 1.17 bits per heavy atom. The van der Waals surface area contributed by atoms with Crippen LogP contribution in [0.15, 0.2) is 53.4 Å². The summed E-state index contributed by atoms with van der Waals surface area (Å²) < 4.78 is 36.4. The summed E-state index contributed by atoms with van der Waals surface area (Å²) >= 11 is 0. The minimum absolute atomic E-state index is 0.0258. The molecule has 0 radical (unpaired) electrons. The number of nitrogens with one attached hydrogen (secondary N) is 1. The number of halogens is 1. The van der Waals surface area contributed by atoms with E-state index < -0.39 is 9.84 Å². The second kappa shape index (κ2) is 9.71. The number of benzene rings is 2. The molecule has 0 aliphatic carbocycles. The van der Waals surface area contributed by atoms with Gasteiger partial charge in [-0.25, -0.2) is 12.8 Å². The van der Waals surface area contributed by atoms with E-state index >= 15 is 0 Å². The van der Waals surface area contributed by atoms with Gasteiger partial charge in [0.15, 0.2) is 9.84 Å². The molecular formula is C23H29FN2O3S. The fourth-order valence-corrected chi connectivity index (χ4v) is 4.55. The third kappa shape index (κ3) is 5.89. The smallest absolute Gasteiger partial charge is 0.224 e. The number of amides is 1. The fraction of sp³-hybridized carbons (Fsp3) is 0.435. The van der Waals surface area contributed by atoms with Crippen molar-refractivity contribution in [2.75, 3.05) is 19.3 Å². The highest BCUT2D eigenvalue weighted by Crippen LogP contribution is 2.23. The lowest BCUT2D eigenvalue weighted by Gasteiger charge is -2.33. The number of sulfone groups is 1. The van der Waals surface area contributed by atoms with Gasteiger partial charge in [0.1, 0.15) is 5.82 Å². The zero-order valence-corrected chi connectivity index (χ0v) is 18.3. The van der Waals surface area contributed by atoms with Crippen LogP contribution in [0.5, 0.6) is 0 Å². The summed E-state index contributed by atoms with van der Waals surface area (Å²) in [5.74, 6) is -0.314. The first-order valence-electron chi connectivity index (χ1n) is 10.3. The lowest BCUT2D eigenvalue weighted by atomic mass is 9.95. The molecule has 1 amide bonds. The highest BCUT2D eigenvalue weighted by atomic mass is 32.2. The first kappa shape index (κ1) is 22.4. The summed E-state index contributed by atoms with van der Waals surface area (Å²) in [6, 6.07) is 13.1. The van der Waals surface area contributed by atoms with Crippen molar-refractivity contribution >= 4 is 15.7 Å². The van der Waals surface area contributed by atoms with Gasteiger partial charge in [0.25, 0.3) is 0 Å². The van der Waals surface area contributed by atoms with E-state index in [-0.39, 0.29) is 28.6 Å². The van der Waals surface area contributed by atoms with E-state index in [1.165, 1.54) is 18.4 Å². The molecule has 1 saturated heterocycles. The Bertz CT molecular complexity index is 959. The van der Waals surface area contributed by atoms with E-state index in [9.17, 15) is 17.6 Å². The minimum Gasteiger partial charge on any atom is -0.349 e. The van der Waals surface area contributed by atoms with E-state index in [2.05, 4.69) is 10.2 Å². The average Bonchev–Trinajstić information content (AvgIpc) is 2.73. The Morgan fingerprint density at radius 2 is 1.83 bits per heavy atom. The van der Waals surface area contributed by atoms with Gasteiger partial charge in [-0.15, -0.1) is 0 Å². The van der Waals surface area contributed by atoms with Crippen molar-refractivity contribution in [3.05, 3.63) is 65.5 Å². The second-order valence-electron chi connectivity index (χ2n) is 8.01. The van der Waals surface area contributed by atoms with Gasteiger partial charge >= 0.3 is 0 Å². The zero-order chi connectivity index (χ0) is 21.7. The molecule has 2 aromatic rings. The zero-order valence-electron chi connectivity index (χ0n) is 17.5. The summed E-state index contributed by atoms with van der Waals surface area (Å²) in [5.41, 5.74) is 1.94. The minimum atomic E-state index is -3.24. The Hall–Kier alpha value is -2.25. The third-order valence-corrected chi connectivity index (χ3v) is 6.76. The highest BCUT2D eigenvalue weighted by Gasteiger charge is 2.27. The lowest BCUT2D eigenvalue weighted by Crippen LogP contribution is -2.43. The molecule has 7 heteroatoms. The predicted octanol–water partition coefficient (Wildman–Crippen LogP) is 3.71. The molecule has 0 unspecified atom stereocenters. The van der Waals surface area contributed by atoms with Gasteiger partial charge in [0.2, 0.25) is 5.91 Å². The van der Waals surface area contributed by atoms with E-state index in [1.54, 1.807) is 36.4 Å². The maximum atomic E-state index is 13.1. The number of carbonyl (C=O) groups is 1. The summed E-state index contributed by atoms with van der Waals surface area (Å²) in [4.78, 5) is 15.4. The lowest BCUT2D eigenvalue weighted by molar-refractivity contribution is -0.127. The molecule has 0 saturated carbocycles. The maximum absolute atomic E-state index is 13.1. The topological polar surface area (TPSA) is 66.5 Å². The number of nitrogens with zero attached hydrogens (tertiary/aromatic N) is 1. The third-order valence-electron chi connectivity index (χ3n) is 5.63. The maximum Gasteiger partial charge on any atom is 0.224 e. The quantitative estimate of drug-likeness (QED) is 0.724. The fourth-order valence-electron chi connectivity index (χ4n) is 3.92. The van der Waals surface area contributed by atoms with Crippen LogP contribution >= 0.6 is 0 Å². The number of piperidine rings is 1. The Labute approximate surface area is 178 Å². The summed E-state index contributed by atoms with van der Waals surface area (Å²) in [6.45, 7) is 4.29. The van der Waals surface area contributed by atoms with Crippen LogP contribution < -0.4 is 5.32 Å². The van der Waals surface area contributed by atoms with Crippen molar-refractivity contribution in [1.82, 2.24) is 10.2 Å². The first-order valence-corrected chi connectivity index (χ1v) is 12.2. The van der Waals surface area contributed by atoms with Gasteiger partial charge in [-0.3, -0.25) is 9.69 Å². The normalized spacial score (nSPS) is 18.7. The molecule has 1 heterocycles. The molecule has 1 fully saturated rings. The number of hydrogen-bond acceptors (Lipinski definition) is 4. The van der Waals surface area contributed by atoms with E-state index in [4.69, 9.17) is 0 Å². The molecule has 1 aliphatic rings. The van der Waals surface area contributed by atoms with Crippen LogP contribution in [0, 0.1) is 11.7 Å². The summed E-state index contributed by atoms with van der Waals surface area (Å²) in [6.07, 6.45) is 3.69. The second-order valence-corrected chi connectivity index (χ2v) is 10.0. The van der Waals surface area contributed by atoms with Gasteiger partial charge in [0.05, 0.1) is 16.9 Å². The van der Waals surface area contributed by atoms with E-state index in [0.29, 0.717) is 13.1 Å². The van der Waals surface area contributed by atoms with E-state index in [0.717, 1.165) is 36.9 Å². The summed E-state index contributed by atoms with van der Waals surface area (Å²) in [5, 5.41) is 3.14. The highest BCUT2D eigenvalue weighted by molar-refractivity contribution is 7.90. The first-order chi connectivity index (χ1) is 14.3. The van der Waals surface area contributed by atoms with Crippen molar-refractivity contribution in [1.29, 1.82) is 0 Å². The molecule has 162 valence electrons. The van der Waals surface area contributed by atoms with Crippen LogP contribution in [0.1, 0.15) is 43.4 Å². The van der Waals surface area contributed by atoms with Gasteiger partial charge in [-0.1, -0.05) is 31.2 Å². The van der Waals surface area contributed by atoms with Gasteiger partial charge in [-0.2, -0.15) is 0 Å². The molecular weight excluding hydrogens is 403 g/mol. The molecule has 1 N–H and O–H groups in total. The van der Waals surface area contributed by atoms with Crippen LogP contribution in [0.4, 0.5) is 4.39 Å². The van der Waals surface area contributed by atoms with Gasteiger partial charge in [-0.05, 0) is 61.2 Å². The van der Waals surface area contributed by atoms with Gasteiger partial charge < -0.3 is 5.32 Å². The van der Waals surface area contributed by atoms with Crippen LogP contribution in [-0.2, 0) is 21.2 Å². The van der Waals surface area contributed by atoms with Crippen molar-refractivity contribution in [3.8, 4) is 0 Å². The Balaban J connectivity index is 1.61. The average molecular weight is 433 g/mol. The van der Waals surface area contributed by atoms with Crippen molar-refractivity contribution in [2.24, 2.45) is 5.92 Å². The number of likely N-dealkylation sites (tertiary alicyclic amines) is 1. The van der Waals surface area contributed by atoms with Crippen LogP contribution in [0.3, 0.4) is 0 Å². The van der Waals surface area contributed by atoms with Crippen molar-refractivity contribution < 1.29 is 17.6 Å². The molecule has 0 spiro atoms. The number of carbonyl (C=O) groups excluding carboxylic acids is 1. The monoisotopic (exact) mass is 432 g/mol. The van der Waals surface area contributed by atoms with Crippen molar-refractivity contribution in [3.63, 3.8) is 0 Å². The van der Waals surface area contributed by atoms with Crippen LogP contribution in [-0.4, -0.2) is 38.6 Å². The van der Waals surface area contributed by atoms with Gasteiger partial charge in [0, 0.05) is 19.3 Å². The van der Waals surface area contributed by atoms with Crippen LogP contribution in [0.25, 0.3) is 0 Å². The SMILES string of the molecule is CC[C@@H](NC(=O)[C@@H]1CCCN(Cc2ccc(F)cc2)C1)c1ccc(S(C)(=O)=O)cc1. The molecule has 30 heavy (non-hydrogen) atoms.